The highest BCUT2D eigenvalue weighted by atomic mass is 16.2. The molecule has 0 aromatic carbocycles. The van der Waals surface area contributed by atoms with Crippen LogP contribution < -0.4 is 10.6 Å². The van der Waals surface area contributed by atoms with Crippen molar-refractivity contribution in [3.05, 3.63) is 0 Å². The lowest BCUT2D eigenvalue weighted by atomic mass is 9.88. The molecule has 2 fully saturated rings. The van der Waals surface area contributed by atoms with Crippen molar-refractivity contribution in [2.24, 2.45) is 5.92 Å². The van der Waals surface area contributed by atoms with Gasteiger partial charge in [-0.2, -0.15) is 0 Å². The molecule has 22 heavy (non-hydrogen) atoms. The first-order chi connectivity index (χ1) is 10.6. The maximum atomic E-state index is 12.3. The second kappa shape index (κ2) is 8.51. The molecule has 5 heteroatoms. The zero-order valence-corrected chi connectivity index (χ0v) is 14.1. The Bertz CT molecular complexity index is 372. The Morgan fingerprint density at radius 1 is 1.09 bits per heavy atom. The van der Waals surface area contributed by atoms with E-state index in [1.54, 1.807) is 0 Å². The smallest absolute Gasteiger partial charge is 0.224 e. The first kappa shape index (κ1) is 17.3. The Hall–Kier alpha value is -1.10. The van der Waals surface area contributed by atoms with E-state index in [1.807, 2.05) is 18.9 Å². The molecule has 0 spiro atoms. The number of hydrogen-bond acceptors (Lipinski definition) is 3. The molecular formula is C17H31N3O2. The van der Waals surface area contributed by atoms with Gasteiger partial charge in [-0.15, -0.1) is 0 Å². The molecule has 1 saturated carbocycles. The molecule has 1 aliphatic carbocycles. The maximum Gasteiger partial charge on any atom is 0.224 e. The number of carbonyl (C=O) groups is 2. The minimum atomic E-state index is -0.0658. The van der Waals surface area contributed by atoms with Gasteiger partial charge in [0.1, 0.15) is 0 Å². The molecule has 2 aliphatic rings. The van der Waals surface area contributed by atoms with Gasteiger partial charge in [-0.05, 0) is 39.7 Å². The summed E-state index contributed by atoms with van der Waals surface area (Å²) in [4.78, 5) is 26.5. The van der Waals surface area contributed by atoms with Crippen LogP contribution in [0.4, 0.5) is 0 Å². The number of rotatable bonds is 5. The van der Waals surface area contributed by atoms with Crippen molar-refractivity contribution in [3.63, 3.8) is 0 Å². The first-order valence-electron chi connectivity index (χ1n) is 8.85. The van der Waals surface area contributed by atoms with Crippen molar-refractivity contribution in [1.82, 2.24) is 15.5 Å². The molecule has 1 unspecified atom stereocenters. The van der Waals surface area contributed by atoms with Crippen LogP contribution in [0.2, 0.25) is 0 Å². The van der Waals surface area contributed by atoms with Gasteiger partial charge in [0, 0.05) is 37.5 Å². The number of likely N-dealkylation sites (tertiary alicyclic amines) is 1. The lowest BCUT2D eigenvalue weighted by Gasteiger charge is -2.32. The van der Waals surface area contributed by atoms with Gasteiger partial charge in [0.05, 0.1) is 0 Å². The molecule has 2 rings (SSSR count). The van der Waals surface area contributed by atoms with Gasteiger partial charge in [-0.3, -0.25) is 9.59 Å². The van der Waals surface area contributed by atoms with E-state index in [0.717, 1.165) is 51.6 Å². The van der Waals surface area contributed by atoms with Crippen LogP contribution in [0.15, 0.2) is 0 Å². The van der Waals surface area contributed by atoms with Crippen LogP contribution in [0.5, 0.6) is 0 Å². The highest BCUT2D eigenvalue weighted by Gasteiger charge is 2.25. The molecule has 0 radical (unpaired) electrons. The molecular weight excluding hydrogens is 278 g/mol. The SMILES string of the molecule is CNC1CCN(C(=O)CC(C)NC(=O)C2CCCCC2)CC1. The van der Waals surface area contributed by atoms with Crippen LogP contribution in [0.3, 0.4) is 0 Å². The van der Waals surface area contributed by atoms with Gasteiger partial charge in [-0.1, -0.05) is 19.3 Å². The van der Waals surface area contributed by atoms with Gasteiger partial charge < -0.3 is 15.5 Å². The summed E-state index contributed by atoms with van der Waals surface area (Å²) >= 11 is 0. The number of amides is 2. The summed E-state index contributed by atoms with van der Waals surface area (Å²) < 4.78 is 0. The van der Waals surface area contributed by atoms with E-state index in [2.05, 4.69) is 10.6 Å². The molecule has 1 atom stereocenters. The summed E-state index contributed by atoms with van der Waals surface area (Å²) in [6.45, 7) is 3.60. The molecule has 0 aromatic heterocycles. The third-order valence-corrected chi connectivity index (χ3v) is 5.10. The summed E-state index contributed by atoms with van der Waals surface area (Å²) in [5.74, 6) is 0.484. The zero-order valence-electron chi connectivity index (χ0n) is 14.1. The Morgan fingerprint density at radius 3 is 2.32 bits per heavy atom. The average molecular weight is 309 g/mol. The molecule has 0 aromatic rings. The second-order valence-corrected chi connectivity index (χ2v) is 6.89. The molecule has 2 amide bonds. The highest BCUT2D eigenvalue weighted by Crippen LogP contribution is 2.23. The Labute approximate surface area is 134 Å². The fourth-order valence-corrected chi connectivity index (χ4v) is 3.59. The average Bonchev–Trinajstić information content (AvgIpc) is 2.55. The number of nitrogens with one attached hydrogen (secondary N) is 2. The topological polar surface area (TPSA) is 61.4 Å². The van der Waals surface area contributed by atoms with Crippen LogP contribution in [0.25, 0.3) is 0 Å². The van der Waals surface area contributed by atoms with Crippen molar-refractivity contribution in [3.8, 4) is 0 Å². The molecule has 1 heterocycles. The van der Waals surface area contributed by atoms with Crippen molar-refractivity contribution in [2.75, 3.05) is 20.1 Å². The summed E-state index contributed by atoms with van der Waals surface area (Å²) in [7, 11) is 1.98. The molecule has 5 nitrogen and oxygen atoms in total. The van der Waals surface area contributed by atoms with E-state index in [9.17, 15) is 9.59 Å². The van der Waals surface area contributed by atoms with Gasteiger partial charge in [0.2, 0.25) is 11.8 Å². The standard InChI is InChI=1S/C17H31N3O2/c1-13(19-17(22)14-6-4-3-5-7-14)12-16(21)20-10-8-15(18-2)9-11-20/h13-15,18H,3-12H2,1-2H3,(H,19,22). The van der Waals surface area contributed by atoms with E-state index >= 15 is 0 Å². The lowest BCUT2D eigenvalue weighted by Crippen LogP contribution is -2.46. The number of piperidine rings is 1. The van der Waals surface area contributed by atoms with E-state index in [0.29, 0.717) is 12.5 Å². The third kappa shape index (κ3) is 4.97. The van der Waals surface area contributed by atoms with E-state index < -0.39 is 0 Å². The molecule has 1 aliphatic heterocycles. The summed E-state index contributed by atoms with van der Waals surface area (Å²) in [5, 5.41) is 6.31. The van der Waals surface area contributed by atoms with E-state index in [-0.39, 0.29) is 23.8 Å². The van der Waals surface area contributed by atoms with Crippen LogP contribution in [-0.2, 0) is 9.59 Å². The summed E-state index contributed by atoms with van der Waals surface area (Å²) in [6, 6.07) is 0.469. The summed E-state index contributed by atoms with van der Waals surface area (Å²) in [5.41, 5.74) is 0. The third-order valence-electron chi connectivity index (χ3n) is 5.10. The van der Waals surface area contributed by atoms with Crippen molar-refractivity contribution in [1.29, 1.82) is 0 Å². The van der Waals surface area contributed by atoms with Gasteiger partial charge in [0.15, 0.2) is 0 Å². The minimum absolute atomic E-state index is 0.0658. The lowest BCUT2D eigenvalue weighted by molar-refractivity contribution is -0.133. The van der Waals surface area contributed by atoms with Crippen LogP contribution in [-0.4, -0.2) is 48.9 Å². The number of hydrogen-bond donors (Lipinski definition) is 2. The number of nitrogens with zero attached hydrogens (tertiary/aromatic N) is 1. The van der Waals surface area contributed by atoms with Crippen LogP contribution in [0, 0.1) is 5.92 Å². The monoisotopic (exact) mass is 309 g/mol. The Kier molecular flexibility index (Phi) is 6.68. The second-order valence-electron chi connectivity index (χ2n) is 6.89. The molecule has 1 saturated heterocycles. The molecule has 126 valence electrons. The quantitative estimate of drug-likeness (QED) is 0.812. The Morgan fingerprint density at radius 2 is 1.73 bits per heavy atom. The normalized spacial score (nSPS) is 22.4. The first-order valence-corrected chi connectivity index (χ1v) is 8.85. The Balaban J connectivity index is 1.70. The fourth-order valence-electron chi connectivity index (χ4n) is 3.59. The zero-order chi connectivity index (χ0) is 15.9. The van der Waals surface area contributed by atoms with Gasteiger partial charge >= 0.3 is 0 Å². The van der Waals surface area contributed by atoms with Crippen molar-refractivity contribution < 1.29 is 9.59 Å². The highest BCUT2D eigenvalue weighted by molar-refractivity contribution is 5.81. The largest absolute Gasteiger partial charge is 0.353 e. The van der Waals surface area contributed by atoms with Crippen LogP contribution in [0.1, 0.15) is 58.3 Å². The van der Waals surface area contributed by atoms with Gasteiger partial charge in [-0.25, -0.2) is 0 Å². The number of carbonyl (C=O) groups excluding carboxylic acids is 2. The molecule has 0 bridgehead atoms. The van der Waals surface area contributed by atoms with E-state index in [1.165, 1.54) is 6.42 Å². The minimum Gasteiger partial charge on any atom is -0.353 e. The van der Waals surface area contributed by atoms with Crippen molar-refractivity contribution in [2.45, 2.75) is 70.4 Å². The van der Waals surface area contributed by atoms with Crippen molar-refractivity contribution >= 4 is 11.8 Å². The van der Waals surface area contributed by atoms with E-state index in [4.69, 9.17) is 0 Å². The predicted molar refractivity (Wildman–Crippen MR) is 87.5 cm³/mol. The fraction of sp³-hybridized carbons (Fsp3) is 0.882. The van der Waals surface area contributed by atoms with Crippen LogP contribution >= 0.6 is 0 Å². The molecule has 2 N–H and O–H groups in total. The predicted octanol–water partition coefficient (Wildman–Crippen LogP) is 1.67. The van der Waals surface area contributed by atoms with Gasteiger partial charge in [0.25, 0.3) is 0 Å². The maximum absolute atomic E-state index is 12.3. The summed E-state index contributed by atoms with van der Waals surface area (Å²) in [6.07, 6.45) is 8.03.